The summed E-state index contributed by atoms with van der Waals surface area (Å²) in [5.74, 6) is 0.659. The third-order valence-electron chi connectivity index (χ3n) is 1.47. The Morgan fingerprint density at radius 2 is 1.50 bits per heavy atom. The Morgan fingerprint density at radius 3 is 1.80 bits per heavy atom. The zero-order valence-corrected chi connectivity index (χ0v) is 7.21. The molecular formula is C9H12Cu. The number of hydrogen-bond acceptors (Lipinski definition) is 0. The van der Waals surface area contributed by atoms with E-state index in [1.165, 1.54) is 5.56 Å². The normalized spacial score (nSPS) is 9.10. The topological polar surface area (TPSA) is 0 Å². The summed E-state index contributed by atoms with van der Waals surface area (Å²) < 4.78 is 0. The van der Waals surface area contributed by atoms with Gasteiger partial charge in [-0.25, -0.2) is 0 Å². The van der Waals surface area contributed by atoms with E-state index in [0.717, 1.165) is 0 Å². The zero-order chi connectivity index (χ0) is 6.69. The van der Waals surface area contributed by atoms with Crippen molar-refractivity contribution in [2.45, 2.75) is 19.8 Å². The van der Waals surface area contributed by atoms with Gasteiger partial charge in [0.15, 0.2) is 0 Å². The maximum absolute atomic E-state index is 2.20. The van der Waals surface area contributed by atoms with E-state index in [9.17, 15) is 0 Å². The van der Waals surface area contributed by atoms with E-state index in [2.05, 4.69) is 38.1 Å². The molecule has 0 bridgehead atoms. The minimum atomic E-state index is 0. The van der Waals surface area contributed by atoms with Crippen LogP contribution in [0, 0.1) is 0 Å². The van der Waals surface area contributed by atoms with Crippen LogP contribution in [0.1, 0.15) is 25.3 Å². The van der Waals surface area contributed by atoms with Crippen LogP contribution in [0.15, 0.2) is 30.3 Å². The summed E-state index contributed by atoms with van der Waals surface area (Å²) in [6.45, 7) is 4.41. The SMILES string of the molecule is CC(C)c1ccccc1.[Cu]. The van der Waals surface area contributed by atoms with Crippen molar-refractivity contribution in [3.63, 3.8) is 0 Å². The van der Waals surface area contributed by atoms with E-state index < -0.39 is 0 Å². The van der Waals surface area contributed by atoms with Gasteiger partial charge in [-0.05, 0) is 11.5 Å². The second kappa shape index (κ2) is 4.54. The van der Waals surface area contributed by atoms with Gasteiger partial charge >= 0.3 is 0 Å². The molecule has 0 N–H and O–H groups in total. The van der Waals surface area contributed by atoms with Gasteiger partial charge in [0.25, 0.3) is 0 Å². The molecule has 1 aromatic carbocycles. The van der Waals surface area contributed by atoms with Crippen LogP contribution < -0.4 is 0 Å². The summed E-state index contributed by atoms with van der Waals surface area (Å²) in [6, 6.07) is 10.5. The minimum Gasteiger partial charge on any atom is -0.0622 e. The second-order valence-corrected chi connectivity index (χ2v) is 2.57. The van der Waals surface area contributed by atoms with E-state index in [1.807, 2.05) is 6.07 Å². The Hall–Kier alpha value is -0.261. The molecule has 0 aliphatic rings. The largest absolute Gasteiger partial charge is 0.0622 e. The smallest absolute Gasteiger partial charge is 0 e. The predicted octanol–water partition coefficient (Wildman–Crippen LogP) is 2.81. The van der Waals surface area contributed by atoms with Crippen molar-refractivity contribution in [1.29, 1.82) is 0 Å². The quantitative estimate of drug-likeness (QED) is 0.588. The average molecular weight is 184 g/mol. The van der Waals surface area contributed by atoms with Crippen molar-refractivity contribution in [1.82, 2.24) is 0 Å². The van der Waals surface area contributed by atoms with E-state index >= 15 is 0 Å². The Morgan fingerprint density at radius 1 is 1.00 bits per heavy atom. The molecule has 1 heteroatoms. The van der Waals surface area contributed by atoms with Gasteiger partial charge in [0.05, 0.1) is 0 Å². The maximum atomic E-state index is 2.20. The van der Waals surface area contributed by atoms with Crippen LogP contribution in [-0.2, 0) is 17.1 Å². The van der Waals surface area contributed by atoms with Gasteiger partial charge < -0.3 is 0 Å². The van der Waals surface area contributed by atoms with E-state index in [0.29, 0.717) is 5.92 Å². The van der Waals surface area contributed by atoms with Crippen molar-refractivity contribution < 1.29 is 17.1 Å². The molecule has 0 aliphatic carbocycles. The molecule has 0 amide bonds. The molecule has 1 radical (unpaired) electrons. The van der Waals surface area contributed by atoms with Crippen molar-refractivity contribution >= 4 is 0 Å². The molecule has 0 atom stereocenters. The third kappa shape index (κ3) is 2.55. The van der Waals surface area contributed by atoms with E-state index in [1.54, 1.807) is 0 Å². The van der Waals surface area contributed by atoms with Crippen molar-refractivity contribution in [3.05, 3.63) is 35.9 Å². The van der Waals surface area contributed by atoms with Crippen LogP contribution in [0.2, 0.25) is 0 Å². The first-order valence-electron chi connectivity index (χ1n) is 3.35. The molecule has 1 aromatic rings. The summed E-state index contributed by atoms with van der Waals surface area (Å²) in [5.41, 5.74) is 1.41. The standard InChI is InChI=1S/C9H12.Cu/c1-8(2)9-6-4-3-5-7-9;/h3-8H,1-2H3;. The first-order valence-corrected chi connectivity index (χ1v) is 3.35. The Labute approximate surface area is 73.1 Å². The zero-order valence-electron chi connectivity index (χ0n) is 6.27. The van der Waals surface area contributed by atoms with Crippen LogP contribution in [-0.4, -0.2) is 0 Å². The van der Waals surface area contributed by atoms with Crippen LogP contribution in [0.25, 0.3) is 0 Å². The molecular weight excluding hydrogens is 172 g/mol. The van der Waals surface area contributed by atoms with Crippen LogP contribution in [0.4, 0.5) is 0 Å². The number of rotatable bonds is 1. The number of benzene rings is 1. The maximum Gasteiger partial charge on any atom is 0 e. The molecule has 0 aromatic heterocycles. The van der Waals surface area contributed by atoms with Crippen LogP contribution >= 0.6 is 0 Å². The monoisotopic (exact) mass is 183 g/mol. The van der Waals surface area contributed by atoms with Crippen molar-refractivity contribution in [3.8, 4) is 0 Å². The summed E-state index contributed by atoms with van der Waals surface area (Å²) in [4.78, 5) is 0. The van der Waals surface area contributed by atoms with Gasteiger partial charge in [-0.1, -0.05) is 44.2 Å². The average Bonchev–Trinajstić information content (AvgIpc) is 1.90. The Bertz CT molecular complexity index is 167. The molecule has 0 spiro atoms. The number of hydrogen-bond donors (Lipinski definition) is 0. The van der Waals surface area contributed by atoms with Gasteiger partial charge in [-0.2, -0.15) is 0 Å². The Balaban J connectivity index is 0.000000810. The van der Waals surface area contributed by atoms with E-state index in [4.69, 9.17) is 0 Å². The predicted molar refractivity (Wildman–Crippen MR) is 40.5 cm³/mol. The first-order chi connectivity index (χ1) is 4.30. The fraction of sp³-hybridized carbons (Fsp3) is 0.333. The molecule has 0 nitrogen and oxygen atoms in total. The minimum absolute atomic E-state index is 0. The van der Waals surface area contributed by atoms with Gasteiger partial charge in [0.1, 0.15) is 0 Å². The van der Waals surface area contributed by atoms with Crippen LogP contribution in [0.3, 0.4) is 0 Å². The molecule has 0 fully saturated rings. The molecule has 0 unspecified atom stereocenters. The first kappa shape index (κ1) is 9.74. The van der Waals surface area contributed by atoms with Crippen LogP contribution in [0.5, 0.6) is 0 Å². The summed E-state index contributed by atoms with van der Waals surface area (Å²) in [5, 5.41) is 0. The molecule has 1 rings (SSSR count). The third-order valence-corrected chi connectivity index (χ3v) is 1.47. The Kier molecular flexibility index (Phi) is 4.42. The van der Waals surface area contributed by atoms with Gasteiger partial charge in [0.2, 0.25) is 0 Å². The second-order valence-electron chi connectivity index (χ2n) is 2.57. The summed E-state index contributed by atoms with van der Waals surface area (Å²) in [7, 11) is 0. The summed E-state index contributed by atoms with van der Waals surface area (Å²) >= 11 is 0. The van der Waals surface area contributed by atoms with Crippen molar-refractivity contribution in [2.75, 3.05) is 0 Å². The fourth-order valence-electron chi connectivity index (χ4n) is 0.838. The van der Waals surface area contributed by atoms with Crippen molar-refractivity contribution in [2.24, 2.45) is 0 Å². The van der Waals surface area contributed by atoms with E-state index in [-0.39, 0.29) is 17.1 Å². The molecule has 0 saturated heterocycles. The fourth-order valence-corrected chi connectivity index (χ4v) is 0.838. The summed E-state index contributed by atoms with van der Waals surface area (Å²) in [6.07, 6.45) is 0. The molecule has 59 valence electrons. The molecule has 0 saturated carbocycles. The molecule has 0 aliphatic heterocycles. The van der Waals surface area contributed by atoms with Gasteiger partial charge in [0, 0.05) is 17.1 Å². The molecule has 0 heterocycles. The molecule has 10 heavy (non-hydrogen) atoms. The van der Waals surface area contributed by atoms with Gasteiger partial charge in [-0.3, -0.25) is 0 Å². The van der Waals surface area contributed by atoms with Gasteiger partial charge in [-0.15, -0.1) is 0 Å².